The molecule has 1 aromatic rings. The summed E-state index contributed by atoms with van der Waals surface area (Å²) in [4.78, 5) is 11.0. The Kier molecular flexibility index (Phi) is 1.11. The number of furan rings is 1. The Balaban J connectivity index is 2.50. The summed E-state index contributed by atoms with van der Waals surface area (Å²) in [5.41, 5.74) is 0.672. The van der Waals surface area contributed by atoms with Crippen molar-refractivity contribution in [2.45, 2.75) is 6.61 Å². The molecule has 0 bridgehead atoms. The molecule has 10 heavy (non-hydrogen) atoms. The highest BCUT2D eigenvalue weighted by atomic mass is 16.5. The molecule has 0 amide bonds. The zero-order valence-electron chi connectivity index (χ0n) is 5.29. The van der Waals surface area contributed by atoms with Crippen LogP contribution in [0.2, 0.25) is 0 Å². The lowest BCUT2D eigenvalue weighted by Crippen LogP contribution is -2.15. The summed E-state index contributed by atoms with van der Waals surface area (Å²) in [6.45, 7) is 0.612. The molecule has 1 aromatic heterocycles. The van der Waals surface area contributed by atoms with Gasteiger partial charge in [-0.2, -0.15) is 0 Å². The van der Waals surface area contributed by atoms with E-state index >= 15 is 0 Å². The van der Waals surface area contributed by atoms with Crippen molar-refractivity contribution in [2.24, 2.45) is 0 Å². The van der Waals surface area contributed by atoms with Crippen molar-refractivity contribution < 1.29 is 13.9 Å². The lowest BCUT2D eigenvalue weighted by molar-refractivity contribution is 0.0613. The zero-order valence-corrected chi connectivity index (χ0v) is 5.29. The molecule has 0 N–H and O–H groups in total. The Labute approximate surface area is 57.6 Å². The van der Waals surface area contributed by atoms with Crippen molar-refractivity contribution in [2.75, 3.05) is 6.61 Å². The highest BCUT2D eigenvalue weighted by Crippen LogP contribution is 2.16. The van der Waals surface area contributed by atoms with Crippen LogP contribution in [0.3, 0.4) is 0 Å². The van der Waals surface area contributed by atoms with Crippen molar-refractivity contribution in [1.29, 1.82) is 0 Å². The van der Waals surface area contributed by atoms with Crippen molar-refractivity contribution in [3.05, 3.63) is 23.7 Å². The average molecular weight is 138 g/mol. The van der Waals surface area contributed by atoms with Gasteiger partial charge in [-0.25, -0.2) is 0 Å². The van der Waals surface area contributed by atoms with Gasteiger partial charge in [0.05, 0.1) is 11.8 Å². The van der Waals surface area contributed by atoms with Crippen LogP contribution in [-0.2, 0) is 11.3 Å². The smallest absolute Gasteiger partial charge is 0.192 e. The van der Waals surface area contributed by atoms with Gasteiger partial charge in [0.25, 0.3) is 0 Å². The second-order valence-electron chi connectivity index (χ2n) is 2.17. The van der Waals surface area contributed by atoms with Crippen LogP contribution < -0.4 is 0 Å². The van der Waals surface area contributed by atoms with Gasteiger partial charge in [-0.15, -0.1) is 0 Å². The molecule has 0 saturated heterocycles. The summed E-state index contributed by atoms with van der Waals surface area (Å²) in [6.07, 6.45) is 1.51. The minimum absolute atomic E-state index is 0.00926. The standard InChI is InChI=1S/C7H6O3/c8-6-3-9-4-7-5(6)1-2-10-7/h1-2H,3-4H2. The van der Waals surface area contributed by atoms with Crippen molar-refractivity contribution in [3.8, 4) is 0 Å². The van der Waals surface area contributed by atoms with Crippen LogP contribution in [0.5, 0.6) is 0 Å². The fraction of sp³-hybridized carbons (Fsp3) is 0.286. The highest BCUT2D eigenvalue weighted by Gasteiger charge is 2.19. The van der Waals surface area contributed by atoms with Gasteiger partial charge in [-0.05, 0) is 6.07 Å². The molecule has 0 fully saturated rings. The molecule has 0 aromatic carbocycles. The van der Waals surface area contributed by atoms with E-state index in [1.807, 2.05) is 0 Å². The number of fused-ring (bicyclic) bond motifs is 1. The third-order valence-electron chi connectivity index (χ3n) is 1.51. The van der Waals surface area contributed by atoms with Gasteiger partial charge in [0.1, 0.15) is 19.0 Å². The molecular formula is C7H6O3. The molecule has 0 spiro atoms. The normalized spacial score (nSPS) is 17.0. The highest BCUT2D eigenvalue weighted by molar-refractivity contribution is 5.98. The van der Waals surface area contributed by atoms with Gasteiger partial charge < -0.3 is 9.15 Å². The van der Waals surface area contributed by atoms with Crippen LogP contribution in [0.15, 0.2) is 16.7 Å². The summed E-state index contributed by atoms with van der Waals surface area (Å²) < 4.78 is 9.90. The van der Waals surface area contributed by atoms with Crippen molar-refractivity contribution in [3.63, 3.8) is 0 Å². The summed E-state index contributed by atoms with van der Waals surface area (Å²) in [5, 5.41) is 0. The number of carbonyl (C=O) groups excluding carboxylic acids is 1. The number of ether oxygens (including phenoxy) is 1. The molecule has 3 nitrogen and oxygen atoms in total. The summed E-state index contributed by atoms with van der Waals surface area (Å²) >= 11 is 0. The van der Waals surface area contributed by atoms with E-state index in [1.165, 1.54) is 6.26 Å². The molecule has 0 radical (unpaired) electrons. The minimum atomic E-state index is 0.00926. The summed E-state index contributed by atoms with van der Waals surface area (Å²) in [6, 6.07) is 1.68. The fourth-order valence-electron chi connectivity index (χ4n) is 1.02. The van der Waals surface area contributed by atoms with Crippen LogP contribution in [0.25, 0.3) is 0 Å². The third kappa shape index (κ3) is 0.675. The molecule has 2 heterocycles. The van der Waals surface area contributed by atoms with Crippen LogP contribution in [0, 0.1) is 0 Å². The van der Waals surface area contributed by atoms with Gasteiger partial charge >= 0.3 is 0 Å². The largest absolute Gasteiger partial charge is 0.466 e. The Bertz CT molecular complexity index is 262. The first-order valence-electron chi connectivity index (χ1n) is 3.05. The fourth-order valence-corrected chi connectivity index (χ4v) is 1.02. The van der Waals surface area contributed by atoms with E-state index in [4.69, 9.17) is 9.15 Å². The van der Waals surface area contributed by atoms with E-state index in [-0.39, 0.29) is 12.4 Å². The van der Waals surface area contributed by atoms with E-state index in [9.17, 15) is 4.79 Å². The third-order valence-corrected chi connectivity index (χ3v) is 1.51. The number of hydrogen-bond donors (Lipinski definition) is 0. The quantitative estimate of drug-likeness (QED) is 0.536. The topological polar surface area (TPSA) is 39.4 Å². The molecular weight excluding hydrogens is 132 g/mol. The molecule has 52 valence electrons. The Hall–Kier alpha value is -1.09. The van der Waals surface area contributed by atoms with Crippen LogP contribution in [0.4, 0.5) is 0 Å². The molecule has 0 atom stereocenters. The van der Waals surface area contributed by atoms with E-state index in [0.29, 0.717) is 17.9 Å². The van der Waals surface area contributed by atoms with Gasteiger partial charge in [-0.1, -0.05) is 0 Å². The first-order valence-corrected chi connectivity index (χ1v) is 3.05. The maximum absolute atomic E-state index is 11.0. The monoisotopic (exact) mass is 138 g/mol. The number of rotatable bonds is 0. The number of hydrogen-bond acceptors (Lipinski definition) is 3. The lowest BCUT2D eigenvalue weighted by atomic mass is 10.1. The molecule has 1 aliphatic rings. The zero-order chi connectivity index (χ0) is 6.97. The first kappa shape index (κ1) is 5.68. The van der Waals surface area contributed by atoms with Gasteiger partial charge in [0.2, 0.25) is 0 Å². The van der Waals surface area contributed by atoms with E-state index < -0.39 is 0 Å². The average Bonchev–Trinajstić information content (AvgIpc) is 2.36. The Morgan fingerprint density at radius 1 is 1.40 bits per heavy atom. The summed E-state index contributed by atoms with van der Waals surface area (Å²) in [5.74, 6) is 0.659. The maximum atomic E-state index is 11.0. The second-order valence-corrected chi connectivity index (χ2v) is 2.17. The number of ketones is 1. The SMILES string of the molecule is O=C1COCc2occc21. The maximum Gasteiger partial charge on any atom is 0.192 e. The number of Topliss-reactive ketones (excluding diaryl/α,β-unsaturated/α-hetero) is 1. The molecule has 0 saturated carbocycles. The van der Waals surface area contributed by atoms with E-state index in [2.05, 4.69) is 0 Å². The first-order chi connectivity index (χ1) is 4.88. The molecule has 0 aliphatic carbocycles. The minimum Gasteiger partial charge on any atom is -0.466 e. The molecule has 2 rings (SSSR count). The lowest BCUT2D eigenvalue weighted by Gasteiger charge is -2.08. The molecule has 3 heteroatoms. The molecule has 0 unspecified atom stereocenters. The Morgan fingerprint density at radius 3 is 3.10 bits per heavy atom. The van der Waals surface area contributed by atoms with Crippen molar-refractivity contribution in [1.82, 2.24) is 0 Å². The van der Waals surface area contributed by atoms with Crippen molar-refractivity contribution >= 4 is 5.78 Å². The predicted octanol–water partition coefficient (Wildman–Crippen LogP) is 0.992. The van der Waals surface area contributed by atoms with Crippen LogP contribution in [-0.4, -0.2) is 12.4 Å². The van der Waals surface area contributed by atoms with Crippen LogP contribution in [0.1, 0.15) is 16.1 Å². The number of carbonyl (C=O) groups is 1. The second kappa shape index (κ2) is 1.95. The van der Waals surface area contributed by atoms with Gasteiger partial charge in [0.15, 0.2) is 5.78 Å². The predicted molar refractivity (Wildman–Crippen MR) is 32.7 cm³/mol. The van der Waals surface area contributed by atoms with Crippen LogP contribution >= 0.6 is 0 Å². The summed E-state index contributed by atoms with van der Waals surface area (Å²) in [7, 11) is 0. The Morgan fingerprint density at radius 2 is 2.30 bits per heavy atom. The van der Waals surface area contributed by atoms with E-state index in [0.717, 1.165) is 0 Å². The molecule has 1 aliphatic heterocycles. The van der Waals surface area contributed by atoms with E-state index in [1.54, 1.807) is 6.07 Å². The van der Waals surface area contributed by atoms with Gasteiger partial charge in [0, 0.05) is 0 Å². The van der Waals surface area contributed by atoms with Gasteiger partial charge in [-0.3, -0.25) is 4.79 Å².